The summed E-state index contributed by atoms with van der Waals surface area (Å²) >= 11 is 3.18. The number of rotatable bonds is 2. The van der Waals surface area contributed by atoms with Crippen molar-refractivity contribution in [3.63, 3.8) is 0 Å². The van der Waals surface area contributed by atoms with Crippen LogP contribution in [-0.4, -0.2) is 4.98 Å². The van der Waals surface area contributed by atoms with Crippen molar-refractivity contribution in [3.8, 4) is 0 Å². The van der Waals surface area contributed by atoms with Gasteiger partial charge in [-0.25, -0.2) is 8.78 Å². The molecule has 1 atom stereocenters. The van der Waals surface area contributed by atoms with Crippen molar-refractivity contribution < 1.29 is 8.78 Å². The normalized spacial score (nSPS) is 12.5. The van der Waals surface area contributed by atoms with Crippen molar-refractivity contribution in [1.29, 1.82) is 0 Å². The highest BCUT2D eigenvalue weighted by molar-refractivity contribution is 9.10. The first-order valence-electron chi connectivity index (χ1n) is 4.88. The molecule has 1 heterocycles. The molecule has 0 radical (unpaired) electrons. The molecule has 1 aromatic heterocycles. The summed E-state index contributed by atoms with van der Waals surface area (Å²) in [5.41, 5.74) is 6.99. The fraction of sp³-hybridized carbons (Fsp3) is 0.0833. The summed E-state index contributed by atoms with van der Waals surface area (Å²) in [5, 5.41) is 0. The molecule has 2 N–H and O–H groups in total. The molecule has 0 saturated carbocycles. The molecular formula is C12H9BrF2N2. The van der Waals surface area contributed by atoms with E-state index >= 15 is 0 Å². The van der Waals surface area contributed by atoms with Crippen LogP contribution in [-0.2, 0) is 0 Å². The molecule has 1 aromatic carbocycles. The van der Waals surface area contributed by atoms with Gasteiger partial charge in [0.1, 0.15) is 11.6 Å². The summed E-state index contributed by atoms with van der Waals surface area (Å²) in [7, 11) is 0. The third-order valence-electron chi connectivity index (χ3n) is 2.33. The number of nitrogens with zero attached hydrogens (tertiary/aromatic N) is 1. The van der Waals surface area contributed by atoms with Crippen LogP contribution in [0.25, 0.3) is 0 Å². The molecular weight excluding hydrogens is 290 g/mol. The molecule has 0 bridgehead atoms. The quantitative estimate of drug-likeness (QED) is 0.925. The van der Waals surface area contributed by atoms with Crippen molar-refractivity contribution >= 4 is 15.9 Å². The van der Waals surface area contributed by atoms with Crippen LogP contribution < -0.4 is 5.73 Å². The highest BCUT2D eigenvalue weighted by Gasteiger charge is 2.12. The molecule has 0 spiro atoms. The van der Waals surface area contributed by atoms with E-state index in [2.05, 4.69) is 20.9 Å². The average molecular weight is 299 g/mol. The minimum absolute atomic E-state index is 0.394. The molecule has 2 aromatic rings. The second-order valence-corrected chi connectivity index (χ2v) is 4.53. The topological polar surface area (TPSA) is 38.9 Å². The fourth-order valence-electron chi connectivity index (χ4n) is 1.55. The van der Waals surface area contributed by atoms with E-state index in [0.717, 1.165) is 6.20 Å². The van der Waals surface area contributed by atoms with Gasteiger partial charge < -0.3 is 5.73 Å². The zero-order valence-electron chi connectivity index (χ0n) is 8.70. The minimum atomic E-state index is -0.606. The monoisotopic (exact) mass is 298 g/mol. The Morgan fingerprint density at radius 2 is 1.71 bits per heavy atom. The van der Waals surface area contributed by atoms with Gasteiger partial charge in [-0.1, -0.05) is 15.9 Å². The maximum atomic E-state index is 13.2. The van der Waals surface area contributed by atoms with Crippen LogP contribution >= 0.6 is 15.9 Å². The van der Waals surface area contributed by atoms with E-state index in [1.807, 2.05) is 0 Å². The molecule has 0 saturated heterocycles. The van der Waals surface area contributed by atoms with E-state index in [9.17, 15) is 8.78 Å². The summed E-state index contributed by atoms with van der Waals surface area (Å²) < 4.78 is 26.8. The molecule has 88 valence electrons. The van der Waals surface area contributed by atoms with Crippen molar-refractivity contribution in [2.45, 2.75) is 6.04 Å². The van der Waals surface area contributed by atoms with Crippen LogP contribution in [0.4, 0.5) is 8.78 Å². The Morgan fingerprint density at radius 1 is 1.00 bits per heavy atom. The molecule has 0 fully saturated rings. The second-order valence-electron chi connectivity index (χ2n) is 3.62. The van der Waals surface area contributed by atoms with Gasteiger partial charge in [0, 0.05) is 10.7 Å². The number of nitrogens with two attached hydrogens (primary N) is 1. The molecule has 17 heavy (non-hydrogen) atoms. The SMILES string of the molecule is NC(c1cncc(F)c1)c1cc(F)cc(Br)c1. The van der Waals surface area contributed by atoms with E-state index in [1.54, 1.807) is 6.07 Å². The van der Waals surface area contributed by atoms with E-state index in [0.29, 0.717) is 15.6 Å². The van der Waals surface area contributed by atoms with Crippen LogP contribution in [0.3, 0.4) is 0 Å². The highest BCUT2D eigenvalue weighted by atomic mass is 79.9. The number of halogens is 3. The van der Waals surface area contributed by atoms with Crippen molar-refractivity contribution in [1.82, 2.24) is 4.98 Å². The fourth-order valence-corrected chi connectivity index (χ4v) is 2.03. The van der Waals surface area contributed by atoms with Crippen molar-refractivity contribution in [2.24, 2.45) is 5.73 Å². The van der Waals surface area contributed by atoms with Gasteiger partial charge in [-0.3, -0.25) is 4.98 Å². The number of benzene rings is 1. The van der Waals surface area contributed by atoms with E-state index in [-0.39, 0.29) is 0 Å². The molecule has 1 unspecified atom stereocenters. The third-order valence-corrected chi connectivity index (χ3v) is 2.79. The smallest absolute Gasteiger partial charge is 0.141 e. The van der Waals surface area contributed by atoms with Crippen molar-refractivity contribution in [2.75, 3.05) is 0 Å². The lowest BCUT2D eigenvalue weighted by atomic mass is 10.0. The number of pyridine rings is 1. The lowest BCUT2D eigenvalue weighted by Gasteiger charge is -2.12. The lowest BCUT2D eigenvalue weighted by Crippen LogP contribution is -2.12. The highest BCUT2D eigenvalue weighted by Crippen LogP contribution is 2.23. The van der Waals surface area contributed by atoms with E-state index < -0.39 is 17.7 Å². The van der Waals surface area contributed by atoms with Gasteiger partial charge >= 0.3 is 0 Å². The summed E-state index contributed by atoms with van der Waals surface area (Å²) in [6, 6.07) is 5.03. The predicted octanol–water partition coefficient (Wildman–Crippen LogP) is 3.17. The Hall–Kier alpha value is -1.33. The van der Waals surface area contributed by atoms with Gasteiger partial charge in [0.2, 0.25) is 0 Å². The van der Waals surface area contributed by atoms with Crippen LogP contribution in [0, 0.1) is 11.6 Å². The zero-order chi connectivity index (χ0) is 12.4. The number of hydrogen-bond donors (Lipinski definition) is 1. The summed E-state index contributed by atoms with van der Waals surface area (Å²) in [6.45, 7) is 0. The standard InChI is InChI=1S/C12H9BrF2N2/c13-9-1-7(2-10(14)4-9)12(16)8-3-11(15)6-17-5-8/h1-6,12H,16H2. The van der Waals surface area contributed by atoms with Gasteiger partial charge in [-0.05, 0) is 35.4 Å². The van der Waals surface area contributed by atoms with Gasteiger partial charge in [0.05, 0.1) is 12.2 Å². The minimum Gasteiger partial charge on any atom is -0.320 e. The van der Waals surface area contributed by atoms with Gasteiger partial charge in [0.15, 0.2) is 0 Å². The Labute approximate surface area is 106 Å². The largest absolute Gasteiger partial charge is 0.320 e. The van der Waals surface area contributed by atoms with Crippen LogP contribution in [0.5, 0.6) is 0 Å². The van der Waals surface area contributed by atoms with Gasteiger partial charge in [0.25, 0.3) is 0 Å². The summed E-state index contributed by atoms with van der Waals surface area (Å²) in [5.74, 6) is -0.859. The average Bonchev–Trinajstić information content (AvgIpc) is 2.26. The first-order valence-corrected chi connectivity index (χ1v) is 5.67. The molecule has 5 heteroatoms. The Kier molecular flexibility index (Phi) is 3.49. The molecule has 2 nitrogen and oxygen atoms in total. The maximum absolute atomic E-state index is 13.2. The second kappa shape index (κ2) is 4.89. The van der Waals surface area contributed by atoms with E-state index in [1.165, 1.54) is 24.4 Å². The van der Waals surface area contributed by atoms with Crippen LogP contribution in [0.1, 0.15) is 17.2 Å². The molecule has 2 rings (SSSR count). The van der Waals surface area contributed by atoms with Gasteiger partial charge in [-0.15, -0.1) is 0 Å². The molecule has 0 aliphatic carbocycles. The Balaban J connectivity index is 2.39. The number of aromatic nitrogens is 1. The lowest BCUT2D eigenvalue weighted by molar-refractivity contribution is 0.614. The van der Waals surface area contributed by atoms with Crippen molar-refractivity contribution in [3.05, 3.63) is 63.9 Å². The summed E-state index contributed by atoms with van der Waals surface area (Å²) in [6.07, 6.45) is 2.56. The zero-order valence-corrected chi connectivity index (χ0v) is 10.3. The molecule has 0 aliphatic rings. The predicted molar refractivity (Wildman–Crippen MR) is 64.3 cm³/mol. The maximum Gasteiger partial charge on any atom is 0.141 e. The summed E-state index contributed by atoms with van der Waals surface area (Å²) in [4.78, 5) is 3.72. The third kappa shape index (κ3) is 2.87. The van der Waals surface area contributed by atoms with Crippen LogP contribution in [0.2, 0.25) is 0 Å². The Bertz CT molecular complexity index is 526. The van der Waals surface area contributed by atoms with Gasteiger partial charge in [-0.2, -0.15) is 0 Å². The Morgan fingerprint density at radius 3 is 2.35 bits per heavy atom. The van der Waals surface area contributed by atoms with Crippen LogP contribution in [0.15, 0.2) is 41.1 Å². The van der Waals surface area contributed by atoms with E-state index in [4.69, 9.17) is 5.73 Å². The first-order chi connectivity index (χ1) is 8.06. The first kappa shape index (κ1) is 12.1. The molecule has 0 aliphatic heterocycles. The number of hydrogen-bond acceptors (Lipinski definition) is 2. The molecule has 0 amide bonds.